The monoisotopic (exact) mass is 825 g/mol. The highest BCUT2D eigenvalue weighted by atomic mass is 15.0. The number of hydrogen-bond donors (Lipinski definition) is 0. The number of benzene rings is 11. The van der Waals surface area contributed by atoms with Crippen LogP contribution in [0.25, 0.3) is 127 Å². The first-order valence-corrected chi connectivity index (χ1v) is 22.2. The first-order chi connectivity index (χ1) is 32.2. The van der Waals surface area contributed by atoms with Crippen LogP contribution >= 0.6 is 0 Å². The van der Waals surface area contributed by atoms with Gasteiger partial charge in [-0.25, -0.2) is 4.98 Å². The van der Waals surface area contributed by atoms with Crippen LogP contribution < -0.4 is 0 Å². The van der Waals surface area contributed by atoms with Crippen LogP contribution in [-0.2, 0) is 0 Å². The lowest BCUT2D eigenvalue weighted by Gasteiger charge is -2.11. The van der Waals surface area contributed by atoms with Crippen molar-refractivity contribution in [3.05, 3.63) is 237 Å². The van der Waals surface area contributed by atoms with Crippen molar-refractivity contribution in [1.29, 1.82) is 0 Å². The van der Waals surface area contributed by atoms with Crippen LogP contribution in [0, 0.1) is 0 Å². The molecular weight excluding hydrogens is 787 g/mol. The zero-order valence-corrected chi connectivity index (χ0v) is 35.4. The summed E-state index contributed by atoms with van der Waals surface area (Å²) in [5, 5.41) is 9.67. The molecule has 2 heterocycles. The maximum Gasteiger partial charge on any atom is 0.0979 e. The second kappa shape index (κ2) is 15.0. The Morgan fingerprint density at radius 3 is 1.51 bits per heavy atom. The molecule has 0 N–H and O–H groups in total. The third-order valence-corrected chi connectivity index (χ3v) is 13.3. The highest BCUT2D eigenvalue weighted by Crippen LogP contribution is 2.38. The van der Waals surface area contributed by atoms with Gasteiger partial charge in [-0.15, -0.1) is 0 Å². The van der Waals surface area contributed by atoms with Gasteiger partial charge in [0.15, 0.2) is 0 Å². The molecule has 2 aromatic heterocycles. The maximum atomic E-state index is 5.20. The molecule has 302 valence electrons. The Kier molecular flexibility index (Phi) is 8.53. The summed E-state index contributed by atoms with van der Waals surface area (Å²) >= 11 is 0. The molecule has 13 aromatic rings. The molecule has 65 heavy (non-hydrogen) atoms. The van der Waals surface area contributed by atoms with Crippen LogP contribution in [0.4, 0.5) is 0 Å². The van der Waals surface area contributed by atoms with Gasteiger partial charge in [-0.1, -0.05) is 194 Å². The number of rotatable bonds is 6. The Morgan fingerprint density at radius 1 is 0.292 bits per heavy atom. The summed E-state index contributed by atoms with van der Waals surface area (Å²) in [6.45, 7) is 0. The normalized spacial score (nSPS) is 11.7. The first kappa shape index (κ1) is 36.9. The lowest BCUT2D eigenvalue weighted by atomic mass is 9.96. The standard InChI is InChI=1S/C62H39N3/c1-2-15-50-43(11-1)12-10-21-51(50)44-31-34-49(35-32-44)65-59-22-8-7-18-54(59)57-38-48(33-36-60(57)65)47-14-9-13-46(37-47)42-25-23-40(24-26-42)41-27-29-45(30-28-41)58-39-63-61-55-19-5-3-16-52(55)53-17-4-6-20-56(53)62(61)64-58/h1-39H. The number of para-hydroxylation sites is 1. The molecule has 0 atom stereocenters. The first-order valence-electron chi connectivity index (χ1n) is 22.2. The van der Waals surface area contributed by atoms with Gasteiger partial charge in [0.05, 0.1) is 34.0 Å². The van der Waals surface area contributed by atoms with Gasteiger partial charge < -0.3 is 4.57 Å². The molecule has 0 unspecified atom stereocenters. The average Bonchev–Trinajstić information content (AvgIpc) is 3.72. The van der Waals surface area contributed by atoms with Crippen LogP contribution in [0.15, 0.2) is 237 Å². The zero-order chi connectivity index (χ0) is 42.8. The van der Waals surface area contributed by atoms with Crippen molar-refractivity contribution in [3.8, 4) is 61.5 Å². The van der Waals surface area contributed by atoms with Crippen molar-refractivity contribution in [2.75, 3.05) is 0 Å². The summed E-state index contributed by atoms with van der Waals surface area (Å²) in [5.74, 6) is 0. The van der Waals surface area contributed by atoms with Gasteiger partial charge in [-0.3, -0.25) is 4.98 Å². The van der Waals surface area contributed by atoms with E-state index in [0.29, 0.717) is 0 Å². The lowest BCUT2D eigenvalue weighted by Crippen LogP contribution is -1.94. The van der Waals surface area contributed by atoms with E-state index in [2.05, 4.69) is 235 Å². The minimum absolute atomic E-state index is 0.868. The minimum atomic E-state index is 0.868. The van der Waals surface area contributed by atoms with Crippen molar-refractivity contribution in [1.82, 2.24) is 14.5 Å². The summed E-state index contributed by atoms with van der Waals surface area (Å²) in [4.78, 5) is 10.2. The van der Waals surface area contributed by atoms with Crippen LogP contribution in [0.2, 0.25) is 0 Å². The van der Waals surface area contributed by atoms with E-state index in [0.717, 1.165) is 44.3 Å². The van der Waals surface area contributed by atoms with Gasteiger partial charge in [0.25, 0.3) is 0 Å². The fourth-order valence-electron chi connectivity index (χ4n) is 10.0. The van der Waals surface area contributed by atoms with E-state index in [1.807, 2.05) is 6.20 Å². The number of nitrogens with zero attached hydrogens (tertiary/aromatic N) is 3. The van der Waals surface area contributed by atoms with Crippen molar-refractivity contribution < 1.29 is 0 Å². The third-order valence-electron chi connectivity index (χ3n) is 13.3. The molecule has 0 bridgehead atoms. The molecule has 0 saturated heterocycles. The molecular formula is C62H39N3. The topological polar surface area (TPSA) is 30.7 Å². The average molecular weight is 826 g/mol. The van der Waals surface area contributed by atoms with Gasteiger partial charge in [0, 0.05) is 32.8 Å². The second-order valence-electron chi connectivity index (χ2n) is 16.9. The maximum absolute atomic E-state index is 5.20. The quantitative estimate of drug-likeness (QED) is 0.156. The van der Waals surface area contributed by atoms with Crippen LogP contribution in [0.1, 0.15) is 0 Å². The van der Waals surface area contributed by atoms with Crippen molar-refractivity contribution >= 4 is 65.2 Å². The lowest BCUT2D eigenvalue weighted by molar-refractivity contribution is 1.18. The molecule has 0 aliphatic carbocycles. The Morgan fingerprint density at radius 2 is 0.785 bits per heavy atom. The van der Waals surface area contributed by atoms with Crippen LogP contribution in [0.3, 0.4) is 0 Å². The van der Waals surface area contributed by atoms with Crippen molar-refractivity contribution in [2.24, 2.45) is 0 Å². The third kappa shape index (κ3) is 6.20. The summed E-state index contributed by atoms with van der Waals surface area (Å²) < 4.78 is 2.40. The Bertz CT molecular complexity index is 3930. The van der Waals surface area contributed by atoms with E-state index in [-0.39, 0.29) is 0 Å². The number of fused-ring (bicyclic) bond motifs is 10. The molecule has 13 rings (SSSR count). The predicted molar refractivity (Wildman–Crippen MR) is 274 cm³/mol. The molecule has 0 aliphatic heterocycles. The van der Waals surface area contributed by atoms with E-state index < -0.39 is 0 Å². The summed E-state index contributed by atoms with van der Waals surface area (Å²) in [6.07, 6.45) is 1.91. The summed E-state index contributed by atoms with van der Waals surface area (Å²) in [6, 6.07) is 83.3. The van der Waals surface area contributed by atoms with Crippen LogP contribution in [0.5, 0.6) is 0 Å². The molecule has 3 nitrogen and oxygen atoms in total. The Balaban J connectivity index is 0.782. The molecule has 0 fully saturated rings. The van der Waals surface area contributed by atoms with E-state index in [4.69, 9.17) is 9.97 Å². The van der Waals surface area contributed by atoms with Crippen LogP contribution in [-0.4, -0.2) is 14.5 Å². The van der Waals surface area contributed by atoms with E-state index in [9.17, 15) is 0 Å². The zero-order valence-electron chi connectivity index (χ0n) is 35.4. The van der Waals surface area contributed by atoms with Gasteiger partial charge in [-0.05, 0) is 102 Å². The Labute approximate surface area is 376 Å². The van der Waals surface area contributed by atoms with Gasteiger partial charge >= 0.3 is 0 Å². The predicted octanol–water partition coefficient (Wildman–Crippen LogP) is 16.5. The summed E-state index contributed by atoms with van der Waals surface area (Å²) in [7, 11) is 0. The highest BCUT2D eigenvalue weighted by Gasteiger charge is 2.16. The molecule has 0 amide bonds. The van der Waals surface area contributed by atoms with Crippen molar-refractivity contribution in [3.63, 3.8) is 0 Å². The smallest absolute Gasteiger partial charge is 0.0979 e. The number of hydrogen-bond acceptors (Lipinski definition) is 2. The SMILES string of the molecule is c1cc(-c2ccc(-c3ccc(-c4cnc5c6ccccc6c6ccccc6c5n4)cc3)cc2)cc(-c2ccc3c(c2)c2ccccc2n3-c2ccc(-c3cccc4ccccc34)cc2)c1. The minimum Gasteiger partial charge on any atom is -0.309 e. The van der Waals surface area contributed by atoms with Gasteiger partial charge in [0.2, 0.25) is 0 Å². The molecule has 11 aromatic carbocycles. The van der Waals surface area contributed by atoms with Gasteiger partial charge in [0.1, 0.15) is 0 Å². The molecule has 0 saturated carbocycles. The largest absolute Gasteiger partial charge is 0.309 e. The van der Waals surface area contributed by atoms with E-state index >= 15 is 0 Å². The molecule has 0 aliphatic rings. The second-order valence-corrected chi connectivity index (χ2v) is 16.9. The number of aromatic nitrogens is 3. The highest BCUT2D eigenvalue weighted by molar-refractivity contribution is 6.23. The molecule has 0 radical (unpaired) electrons. The fraction of sp³-hybridized carbons (Fsp3) is 0. The van der Waals surface area contributed by atoms with E-state index in [1.165, 1.54) is 82.3 Å². The summed E-state index contributed by atoms with van der Waals surface area (Å²) in [5.41, 5.74) is 16.9. The van der Waals surface area contributed by atoms with E-state index in [1.54, 1.807) is 0 Å². The fourth-order valence-corrected chi connectivity index (χ4v) is 10.0. The Hall–Kier alpha value is -8.66. The molecule has 0 spiro atoms. The van der Waals surface area contributed by atoms with Crippen molar-refractivity contribution in [2.45, 2.75) is 0 Å². The van der Waals surface area contributed by atoms with Gasteiger partial charge in [-0.2, -0.15) is 0 Å². The molecule has 3 heteroatoms.